The Bertz CT molecular complexity index is 1600. The Kier molecular flexibility index (Phi) is 7.34. The van der Waals surface area contributed by atoms with E-state index in [0.717, 1.165) is 62.2 Å². The highest BCUT2D eigenvalue weighted by atomic mass is 16.6. The van der Waals surface area contributed by atoms with Gasteiger partial charge in [-0.25, -0.2) is 4.79 Å². The summed E-state index contributed by atoms with van der Waals surface area (Å²) in [5.41, 5.74) is 4.82. The summed E-state index contributed by atoms with van der Waals surface area (Å²) in [5, 5.41) is 1.18. The van der Waals surface area contributed by atoms with Gasteiger partial charge < -0.3 is 19.4 Å². The summed E-state index contributed by atoms with van der Waals surface area (Å²) in [6, 6.07) is 19.6. The van der Waals surface area contributed by atoms with Crippen molar-refractivity contribution in [1.82, 2.24) is 19.4 Å². The van der Waals surface area contributed by atoms with Gasteiger partial charge in [0.1, 0.15) is 18.0 Å². The second-order valence-corrected chi connectivity index (χ2v) is 12.1. The van der Waals surface area contributed by atoms with E-state index in [9.17, 15) is 9.59 Å². The number of carbonyl (C=O) groups is 1. The molecule has 1 N–H and O–H groups in total. The topological polar surface area (TPSA) is 79.8 Å². The van der Waals surface area contributed by atoms with Gasteiger partial charge in [0.25, 0.3) is 5.56 Å². The van der Waals surface area contributed by atoms with Gasteiger partial charge in [0, 0.05) is 67.5 Å². The molecule has 214 valence electrons. The monoisotopic (exact) mass is 554 g/mol. The fourth-order valence-corrected chi connectivity index (χ4v) is 5.96. The van der Waals surface area contributed by atoms with Crippen LogP contribution in [0.15, 0.2) is 71.7 Å². The predicted octanol–water partition coefficient (Wildman–Crippen LogP) is 5.66. The van der Waals surface area contributed by atoms with E-state index in [0.29, 0.717) is 12.4 Å². The van der Waals surface area contributed by atoms with Gasteiger partial charge in [0.15, 0.2) is 0 Å². The average Bonchev–Trinajstić information content (AvgIpc) is 3.55. The number of carbonyl (C=O) groups excluding carboxylic acids is 1. The Hall–Kier alpha value is -4.04. The molecule has 2 aliphatic heterocycles. The lowest BCUT2D eigenvalue weighted by Crippen LogP contribution is -2.46. The molecule has 4 aromatic rings. The number of pyridine rings is 1. The number of H-pyrrole nitrogens is 1. The average molecular weight is 555 g/mol. The number of fused-ring (bicyclic) bond motifs is 3. The summed E-state index contributed by atoms with van der Waals surface area (Å²) in [4.78, 5) is 33.7. The number of amides is 1. The highest BCUT2D eigenvalue weighted by Crippen LogP contribution is 2.30. The van der Waals surface area contributed by atoms with Crippen molar-refractivity contribution in [2.45, 2.75) is 64.8 Å². The van der Waals surface area contributed by atoms with Gasteiger partial charge in [-0.3, -0.25) is 14.3 Å². The van der Waals surface area contributed by atoms with E-state index in [2.05, 4.69) is 16.0 Å². The van der Waals surface area contributed by atoms with Crippen molar-refractivity contribution in [2.24, 2.45) is 0 Å². The first-order chi connectivity index (χ1) is 19.7. The first-order valence-corrected chi connectivity index (χ1v) is 14.5. The molecule has 0 unspecified atom stereocenters. The van der Waals surface area contributed by atoms with Crippen LogP contribution in [0, 0.1) is 0 Å². The quantitative estimate of drug-likeness (QED) is 0.333. The van der Waals surface area contributed by atoms with Crippen molar-refractivity contribution in [3.63, 3.8) is 0 Å². The van der Waals surface area contributed by atoms with Gasteiger partial charge in [0.05, 0.1) is 5.69 Å². The fourth-order valence-electron chi connectivity index (χ4n) is 5.96. The number of ether oxygens (including phenoxy) is 2. The number of benzene rings is 2. The van der Waals surface area contributed by atoms with Gasteiger partial charge in [-0.2, -0.15) is 0 Å². The van der Waals surface area contributed by atoms with E-state index >= 15 is 0 Å². The molecule has 0 spiro atoms. The van der Waals surface area contributed by atoms with E-state index in [1.54, 1.807) is 10.8 Å². The Labute approximate surface area is 240 Å². The van der Waals surface area contributed by atoms with E-state index in [1.165, 1.54) is 22.7 Å². The molecule has 1 atom stereocenters. The third-order valence-corrected chi connectivity index (χ3v) is 7.93. The number of aromatic nitrogens is 2. The van der Waals surface area contributed by atoms with Crippen molar-refractivity contribution in [3.8, 4) is 11.4 Å². The van der Waals surface area contributed by atoms with Gasteiger partial charge in [-0.15, -0.1) is 0 Å². The Morgan fingerprint density at radius 2 is 1.88 bits per heavy atom. The van der Waals surface area contributed by atoms with Crippen LogP contribution in [0.5, 0.6) is 5.75 Å². The molecule has 0 saturated carbocycles. The van der Waals surface area contributed by atoms with E-state index in [1.807, 2.05) is 74.2 Å². The fraction of sp³-hybridized carbons (Fsp3) is 0.394. The van der Waals surface area contributed by atoms with Crippen LogP contribution in [0.4, 0.5) is 4.79 Å². The third-order valence-electron chi connectivity index (χ3n) is 7.93. The summed E-state index contributed by atoms with van der Waals surface area (Å²) in [6.07, 6.45) is 4.50. The van der Waals surface area contributed by atoms with Crippen molar-refractivity contribution >= 4 is 17.0 Å². The second-order valence-electron chi connectivity index (χ2n) is 12.1. The van der Waals surface area contributed by atoms with Crippen molar-refractivity contribution in [3.05, 3.63) is 94.0 Å². The molecule has 0 bridgehead atoms. The lowest BCUT2D eigenvalue weighted by molar-refractivity contribution is 0.0192. The zero-order valence-electron chi connectivity index (χ0n) is 24.1. The molecule has 2 aromatic carbocycles. The summed E-state index contributed by atoms with van der Waals surface area (Å²) in [7, 11) is 0. The lowest BCUT2D eigenvalue weighted by Gasteiger charge is -2.34. The summed E-state index contributed by atoms with van der Waals surface area (Å²) in [6.45, 7) is 9.54. The molecule has 1 saturated heterocycles. The smallest absolute Gasteiger partial charge is 0.410 e. The van der Waals surface area contributed by atoms with Crippen LogP contribution in [-0.4, -0.2) is 56.7 Å². The first-order valence-electron chi connectivity index (χ1n) is 14.5. The van der Waals surface area contributed by atoms with Crippen LogP contribution in [-0.2, 0) is 24.3 Å². The normalized spacial score (nSPS) is 17.5. The molecule has 41 heavy (non-hydrogen) atoms. The molecular weight excluding hydrogens is 516 g/mol. The number of hydrogen-bond donors (Lipinski definition) is 1. The van der Waals surface area contributed by atoms with Gasteiger partial charge in [-0.05, 0) is 62.9 Å². The second kappa shape index (κ2) is 11.1. The molecule has 8 nitrogen and oxygen atoms in total. The maximum Gasteiger partial charge on any atom is 0.410 e. The van der Waals surface area contributed by atoms with Crippen LogP contribution in [0.2, 0.25) is 0 Å². The zero-order valence-corrected chi connectivity index (χ0v) is 24.1. The molecule has 1 fully saturated rings. The standard InChI is InChI=1S/C33H38N4O4/c1-33(2,3)41-32(39)37-15-7-10-25(37)20-35-16-14-29-28(21-35)27-12-11-24(18-30(27)34-29)36-17-13-26(19-31(36)38)40-22-23-8-5-4-6-9-23/h4-6,8-9,11-13,17-19,25,34H,7,10,14-16,20-22H2,1-3H3/t25-/m0/s1. The number of rotatable bonds is 6. The number of aromatic amines is 1. The maximum atomic E-state index is 13.0. The molecule has 2 aliphatic rings. The van der Waals surface area contributed by atoms with Crippen LogP contribution in [0.1, 0.15) is 50.4 Å². The molecule has 1 amide bonds. The van der Waals surface area contributed by atoms with E-state index in [-0.39, 0.29) is 17.7 Å². The highest BCUT2D eigenvalue weighted by molar-refractivity contribution is 5.86. The molecule has 2 aromatic heterocycles. The van der Waals surface area contributed by atoms with Gasteiger partial charge in [0.2, 0.25) is 0 Å². The maximum absolute atomic E-state index is 13.0. The van der Waals surface area contributed by atoms with Gasteiger partial charge in [-0.1, -0.05) is 36.4 Å². The third kappa shape index (κ3) is 6.03. The predicted molar refractivity (Wildman–Crippen MR) is 160 cm³/mol. The highest BCUT2D eigenvalue weighted by Gasteiger charge is 2.34. The van der Waals surface area contributed by atoms with Crippen molar-refractivity contribution < 1.29 is 14.3 Å². The SMILES string of the molecule is CC(C)(C)OC(=O)N1CCC[C@H]1CN1CCc2[nH]c3cc(-n4ccc(OCc5ccccc5)cc4=O)ccc3c2C1. The zero-order chi connectivity index (χ0) is 28.6. The lowest BCUT2D eigenvalue weighted by atomic mass is 10.0. The number of likely N-dealkylation sites (tertiary alicyclic amines) is 1. The Balaban J connectivity index is 1.15. The van der Waals surface area contributed by atoms with Crippen molar-refractivity contribution in [2.75, 3.05) is 19.6 Å². The molecule has 8 heteroatoms. The van der Waals surface area contributed by atoms with E-state index < -0.39 is 5.60 Å². The Morgan fingerprint density at radius 3 is 2.66 bits per heavy atom. The van der Waals surface area contributed by atoms with Crippen LogP contribution in [0.25, 0.3) is 16.6 Å². The van der Waals surface area contributed by atoms with Gasteiger partial charge >= 0.3 is 6.09 Å². The van der Waals surface area contributed by atoms with Crippen LogP contribution in [0.3, 0.4) is 0 Å². The number of hydrogen-bond acceptors (Lipinski definition) is 5. The van der Waals surface area contributed by atoms with Crippen molar-refractivity contribution in [1.29, 1.82) is 0 Å². The van der Waals surface area contributed by atoms with E-state index in [4.69, 9.17) is 9.47 Å². The molecule has 0 radical (unpaired) electrons. The molecular formula is C33H38N4O4. The molecule has 6 rings (SSSR count). The molecule has 4 heterocycles. The minimum atomic E-state index is -0.490. The number of nitrogens with one attached hydrogen (secondary N) is 1. The minimum Gasteiger partial charge on any atom is -0.489 e. The number of nitrogens with zero attached hydrogens (tertiary/aromatic N) is 3. The minimum absolute atomic E-state index is 0.136. The largest absolute Gasteiger partial charge is 0.489 e. The summed E-state index contributed by atoms with van der Waals surface area (Å²) in [5.74, 6) is 0.555. The summed E-state index contributed by atoms with van der Waals surface area (Å²) < 4.78 is 13.1. The van der Waals surface area contributed by atoms with Crippen LogP contribution >= 0.6 is 0 Å². The first kappa shape index (κ1) is 27.1. The summed E-state index contributed by atoms with van der Waals surface area (Å²) >= 11 is 0. The Morgan fingerprint density at radius 1 is 1.05 bits per heavy atom. The van der Waals surface area contributed by atoms with Crippen LogP contribution < -0.4 is 10.3 Å². The molecule has 0 aliphatic carbocycles.